The Bertz CT molecular complexity index is 701. The lowest BCUT2D eigenvalue weighted by atomic mass is 9.88. The molecule has 1 amide bonds. The van der Waals surface area contributed by atoms with Crippen molar-refractivity contribution < 1.29 is 14.3 Å². The quantitative estimate of drug-likeness (QED) is 0.834. The first kappa shape index (κ1) is 17.2. The smallest absolute Gasteiger partial charge is 0.231 e. The lowest BCUT2D eigenvalue weighted by Crippen LogP contribution is -2.51. The fourth-order valence-electron chi connectivity index (χ4n) is 4.26. The van der Waals surface area contributed by atoms with E-state index in [1.807, 2.05) is 23.1 Å². The Morgan fingerprint density at radius 2 is 1.81 bits per heavy atom. The van der Waals surface area contributed by atoms with E-state index >= 15 is 0 Å². The van der Waals surface area contributed by atoms with Crippen molar-refractivity contribution in [3.63, 3.8) is 0 Å². The van der Waals surface area contributed by atoms with E-state index in [4.69, 9.17) is 9.47 Å². The number of carbonyl (C=O) groups excluding carboxylic acids is 1. The van der Waals surface area contributed by atoms with Gasteiger partial charge in [-0.15, -0.1) is 0 Å². The first-order valence-electron chi connectivity index (χ1n) is 9.58. The summed E-state index contributed by atoms with van der Waals surface area (Å²) in [6.45, 7) is 3.10. The van der Waals surface area contributed by atoms with Gasteiger partial charge in [-0.05, 0) is 30.5 Å². The second kappa shape index (κ2) is 7.55. The SMILES string of the molecule is N#CC(c1ccc2c(c1)OCO2)N1CCN(C(=O)C2CCCCC2)CC1. The molecule has 1 saturated carbocycles. The first-order chi connectivity index (χ1) is 12.8. The van der Waals surface area contributed by atoms with Gasteiger partial charge in [-0.3, -0.25) is 9.69 Å². The normalized spacial score (nSPS) is 22.0. The van der Waals surface area contributed by atoms with Crippen molar-refractivity contribution in [1.29, 1.82) is 5.26 Å². The largest absolute Gasteiger partial charge is 0.454 e. The van der Waals surface area contributed by atoms with Crippen LogP contribution in [0.1, 0.15) is 43.7 Å². The van der Waals surface area contributed by atoms with Crippen LogP contribution in [0.5, 0.6) is 11.5 Å². The third-order valence-corrected chi connectivity index (χ3v) is 5.78. The number of piperazine rings is 1. The van der Waals surface area contributed by atoms with Crippen molar-refractivity contribution in [1.82, 2.24) is 9.80 Å². The summed E-state index contributed by atoms with van der Waals surface area (Å²) in [6, 6.07) is 7.79. The van der Waals surface area contributed by atoms with Crippen LogP contribution in [0.25, 0.3) is 0 Å². The molecule has 6 heteroatoms. The number of hydrogen-bond donors (Lipinski definition) is 0. The number of carbonyl (C=O) groups is 1. The topological polar surface area (TPSA) is 65.8 Å². The molecule has 1 saturated heterocycles. The number of fused-ring (bicyclic) bond motifs is 1. The molecule has 0 N–H and O–H groups in total. The molecule has 3 aliphatic rings. The minimum Gasteiger partial charge on any atom is -0.454 e. The number of nitriles is 1. The van der Waals surface area contributed by atoms with Gasteiger partial charge in [-0.25, -0.2) is 0 Å². The molecule has 2 fully saturated rings. The molecule has 1 atom stereocenters. The lowest BCUT2D eigenvalue weighted by Gasteiger charge is -2.38. The summed E-state index contributed by atoms with van der Waals surface area (Å²) in [4.78, 5) is 16.9. The van der Waals surface area contributed by atoms with Crippen LogP contribution in [0.2, 0.25) is 0 Å². The zero-order chi connectivity index (χ0) is 17.9. The third kappa shape index (κ3) is 3.36. The molecule has 1 aromatic carbocycles. The Balaban J connectivity index is 1.38. The van der Waals surface area contributed by atoms with E-state index < -0.39 is 0 Å². The fraction of sp³-hybridized carbons (Fsp3) is 0.600. The molecule has 0 aromatic heterocycles. The van der Waals surface area contributed by atoms with Crippen LogP contribution in [0, 0.1) is 17.2 Å². The Hall–Kier alpha value is -2.26. The van der Waals surface area contributed by atoms with Gasteiger partial charge in [0.05, 0.1) is 6.07 Å². The second-order valence-corrected chi connectivity index (χ2v) is 7.34. The highest BCUT2D eigenvalue weighted by Gasteiger charge is 2.31. The van der Waals surface area contributed by atoms with Crippen LogP contribution in [0.15, 0.2) is 18.2 Å². The van der Waals surface area contributed by atoms with Crippen LogP contribution in [-0.4, -0.2) is 48.7 Å². The van der Waals surface area contributed by atoms with E-state index in [1.165, 1.54) is 19.3 Å². The standard InChI is InChI=1S/C20H25N3O3/c21-13-17(16-6-7-18-19(12-16)26-14-25-18)22-8-10-23(11-9-22)20(24)15-4-2-1-3-5-15/h6-7,12,15,17H,1-5,8-11,14H2. The number of rotatable bonds is 3. The summed E-state index contributed by atoms with van der Waals surface area (Å²) >= 11 is 0. The molecular weight excluding hydrogens is 330 g/mol. The minimum atomic E-state index is -0.323. The Kier molecular flexibility index (Phi) is 4.98. The summed E-state index contributed by atoms with van der Waals surface area (Å²) in [5, 5.41) is 9.71. The summed E-state index contributed by atoms with van der Waals surface area (Å²) in [7, 11) is 0. The molecule has 1 aromatic rings. The van der Waals surface area contributed by atoms with Gasteiger partial charge in [-0.1, -0.05) is 25.3 Å². The molecule has 2 aliphatic heterocycles. The van der Waals surface area contributed by atoms with Gasteiger partial charge in [0.25, 0.3) is 0 Å². The van der Waals surface area contributed by atoms with E-state index in [0.717, 1.165) is 37.2 Å². The van der Waals surface area contributed by atoms with Gasteiger partial charge in [0.1, 0.15) is 6.04 Å². The van der Waals surface area contributed by atoms with Gasteiger partial charge in [0.15, 0.2) is 11.5 Å². The van der Waals surface area contributed by atoms with Crippen molar-refractivity contribution in [3.05, 3.63) is 23.8 Å². The maximum atomic E-state index is 12.7. The lowest BCUT2D eigenvalue weighted by molar-refractivity contribution is -0.138. The first-order valence-corrected chi connectivity index (χ1v) is 9.58. The van der Waals surface area contributed by atoms with Gasteiger partial charge < -0.3 is 14.4 Å². The van der Waals surface area contributed by atoms with E-state index in [1.54, 1.807) is 0 Å². The second-order valence-electron chi connectivity index (χ2n) is 7.34. The highest BCUT2D eigenvalue weighted by atomic mass is 16.7. The van der Waals surface area contributed by atoms with E-state index in [0.29, 0.717) is 24.7 Å². The molecule has 1 aliphatic carbocycles. The van der Waals surface area contributed by atoms with Crippen LogP contribution in [0.3, 0.4) is 0 Å². The minimum absolute atomic E-state index is 0.218. The predicted octanol–water partition coefficient (Wildman–Crippen LogP) is 2.70. The maximum Gasteiger partial charge on any atom is 0.231 e. The fourth-order valence-corrected chi connectivity index (χ4v) is 4.26. The maximum absolute atomic E-state index is 12.7. The third-order valence-electron chi connectivity index (χ3n) is 5.78. The molecule has 138 valence electrons. The molecule has 1 unspecified atom stereocenters. The Labute approximate surface area is 154 Å². The van der Waals surface area contributed by atoms with Crippen LogP contribution >= 0.6 is 0 Å². The van der Waals surface area contributed by atoms with Crippen molar-refractivity contribution in [3.8, 4) is 17.6 Å². The number of ether oxygens (including phenoxy) is 2. The average molecular weight is 355 g/mol. The predicted molar refractivity (Wildman–Crippen MR) is 95.6 cm³/mol. The van der Waals surface area contributed by atoms with Crippen molar-refractivity contribution in [2.45, 2.75) is 38.1 Å². The van der Waals surface area contributed by atoms with Crippen LogP contribution < -0.4 is 9.47 Å². The molecule has 2 heterocycles. The highest BCUT2D eigenvalue weighted by molar-refractivity contribution is 5.79. The van der Waals surface area contributed by atoms with Gasteiger partial charge in [0, 0.05) is 32.1 Å². The van der Waals surface area contributed by atoms with Gasteiger partial charge in [0.2, 0.25) is 12.7 Å². The summed E-state index contributed by atoms with van der Waals surface area (Å²) in [5.74, 6) is 1.97. The summed E-state index contributed by atoms with van der Waals surface area (Å²) in [6.07, 6.45) is 5.69. The number of nitrogens with zero attached hydrogens (tertiary/aromatic N) is 3. The van der Waals surface area contributed by atoms with E-state index in [2.05, 4.69) is 11.0 Å². The van der Waals surface area contributed by atoms with E-state index in [9.17, 15) is 10.1 Å². The van der Waals surface area contributed by atoms with Crippen molar-refractivity contribution in [2.24, 2.45) is 5.92 Å². The highest BCUT2D eigenvalue weighted by Crippen LogP contribution is 2.35. The Morgan fingerprint density at radius 1 is 1.08 bits per heavy atom. The monoisotopic (exact) mass is 355 g/mol. The summed E-state index contributed by atoms with van der Waals surface area (Å²) < 4.78 is 10.8. The van der Waals surface area contributed by atoms with Crippen molar-refractivity contribution in [2.75, 3.05) is 33.0 Å². The zero-order valence-electron chi connectivity index (χ0n) is 15.0. The zero-order valence-corrected chi connectivity index (χ0v) is 15.0. The van der Waals surface area contributed by atoms with Gasteiger partial charge >= 0.3 is 0 Å². The van der Waals surface area contributed by atoms with Crippen LogP contribution in [-0.2, 0) is 4.79 Å². The average Bonchev–Trinajstić information content (AvgIpc) is 3.17. The Morgan fingerprint density at radius 3 is 2.54 bits per heavy atom. The molecule has 0 spiro atoms. The van der Waals surface area contributed by atoms with Crippen LogP contribution in [0.4, 0.5) is 0 Å². The number of benzene rings is 1. The molecular formula is C20H25N3O3. The molecule has 6 nitrogen and oxygen atoms in total. The molecule has 0 radical (unpaired) electrons. The molecule has 4 rings (SSSR count). The number of amides is 1. The summed E-state index contributed by atoms with van der Waals surface area (Å²) in [5.41, 5.74) is 0.920. The van der Waals surface area contributed by atoms with E-state index in [-0.39, 0.29) is 18.8 Å². The molecule has 26 heavy (non-hydrogen) atoms. The molecule has 0 bridgehead atoms. The van der Waals surface area contributed by atoms with Crippen molar-refractivity contribution >= 4 is 5.91 Å². The number of hydrogen-bond acceptors (Lipinski definition) is 5. The van der Waals surface area contributed by atoms with Gasteiger partial charge in [-0.2, -0.15) is 5.26 Å².